The highest BCUT2D eigenvalue weighted by atomic mass is 32.2. The largest absolute Gasteiger partial charge is 0.478 e. The molecule has 0 unspecified atom stereocenters. The molecule has 17 heavy (non-hydrogen) atoms. The van der Waals surface area contributed by atoms with E-state index in [1.165, 1.54) is 11.8 Å². The Bertz CT molecular complexity index is 408. The zero-order chi connectivity index (χ0) is 12.8. The lowest BCUT2D eigenvalue weighted by Gasteiger charge is -2.09. The lowest BCUT2D eigenvalue weighted by molar-refractivity contribution is 0.0690. The Labute approximate surface area is 106 Å². The SMILES string of the molecule is CCCCSc1nc(CC)nc(C)c1C(=O)O. The van der Waals surface area contributed by atoms with E-state index in [1.807, 2.05) is 6.92 Å². The number of unbranched alkanes of at least 4 members (excludes halogenated alkanes) is 1. The molecule has 0 radical (unpaired) electrons. The van der Waals surface area contributed by atoms with Gasteiger partial charge in [0.25, 0.3) is 0 Å². The molecular formula is C12H18N2O2S. The fourth-order valence-corrected chi connectivity index (χ4v) is 2.60. The van der Waals surface area contributed by atoms with Crippen molar-refractivity contribution in [1.29, 1.82) is 0 Å². The number of hydrogen-bond donors (Lipinski definition) is 1. The van der Waals surface area contributed by atoms with Gasteiger partial charge >= 0.3 is 5.97 Å². The predicted octanol–water partition coefficient (Wildman–Crippen LogP) is 2.94. The first-order chi connectivity index (χ1) is 8.10. The summed E-state index contributed by atoms with van der Waals surface area (Å²) in [5.74, 6) is 0.673. The van der Waals surface area contributed by atoms with E-state index < -0.39 is 5.97 Å². The monoisotopic (exact) mass is 254 g/mol. The Kier molecular flexibility index (Phi) is 5.41. The number of rotatable bonds is 6. The van der Waals surface area contributed by atoms with E-state index in [-0.39, 0.29) is 5.56 Å². The molecule has 1 N–H and O–H groups in total. The topological polar surface area (TPSA) is 63.1 Å². The third-order valence-corrected chi connectivity index (χ3v) is 3.43. The second-order valence-corrected chi connectivity index (χ2v) is 4.85. The fourth-order valence-electron chi connectivity index (χ4n) is 1.42. The minimum Gasteiger partial charge on any atom is -0.478 e. The van der Waals surface area contributed by atoms with Gasteiger partial charge in [-0.3, -0.25) is 0 Å². The van der Waals surface area contributed by atoms with Gasteiger partial charge in [0.15, 0.2) is 0 Å². The molecule has 0 bridgehead atoms. The van der Waals surface area contributed by atoms with Gasteiger partial charge in [0.05, 0.1) is 5.69 Å². The molecule has 0 fully saturated rings. The molecule has 0 aliphatic carbocycles. The summed E-state index contributed by atoms with van der Waals surface area (Å²) in [6.07, 6.45) is 2.89. The summed E-state index contributed by atoms with van der Waals surface area (Å²) >= 11 is 1.51. The van der Waals surface area contributed by atoms with Gasteiger partial charge in [-0.25, -0.2) is 14.8 Å². The van der Waals surface area contributed by atoms with Crippen LogP contribution in [0.15, 0.2) is 5.03 Å². The van der Waals surface area contributed by atoms with E-state index in [4.69, 9.17) is 0 Å². The van der Waals surface area contributed by atoms with E-state index in [1.54, 1.807) is 6.92 Å². The van der Waals surface area contributed by atoms with Crippen molar-refractivity contribution < 1.29 is 9.90 Å². The van der Waals surface area contributed by atoms with Crippen LogP contribution in [-0.2, 0) is 6.42 Å². The lowest BCUT2D eigenvalue weighted by Crippen LogP contribution is -2.09. The quantitative estimate of drug-likeness (QED) is 0.480. The second kappa shape index (κ2) is 6.59. The predicted molar refractivity (Wildman–Crippen MR) is 68.7 cm³/mol. The summed E-state index contributed by atoms with van der Waals surface area (Å²) in [7, 11) is 0. The summed E-state index contributed by atoms with van der Waals surface area (Å²) < 4.78 is 0. The zero-order valence-corrected chi connectivity index (χ0v) is 11.3. The number of carboxylic acid groups (broad SMARTS) is 1. The average molecular weight is 254 g/mol. The summed E-state index contributed by atoms with van der Waals surface area (Å²) in [5.41, 5.74) is 0.812. The van der Waals surface area contributed by atoms with Crippen LogP contribution in [0, 0.1) is 6.92 Å². The molecule has 0 spiro atoms. The third kappa shape index (κ3) is 3.70. The first-order valence-electron chi connectivity index (χ1n) is 5.83. The molecule has 4 nitrogen and oxygen atoms in total. The maximum Gasteiger partial charge on any atom is 0.340 e. The second-order valence-electron chi connectivity index (χ2n) is 3.77. The highest BCUT2D eigenvalue weighted by molar-refractivity contribution is 7.99. The summed E-state index contributed by atoms with van der Waals surface area (Å²) in [5, 5.41) is 9.78. The minimum absolute atomic E-state index is 0.253. The van der Waals surface area contributed by atoms with Gasteiger partial charge in [-0.2, -0.15) is 0 Å². The number of aromatic nitrogens is 2. The molecule has 0 aliphatic rings. The Morgan fingerprint density at radius 1 is 1.35 bits per heavy atom. The van der Waals surface area contributed by atoms with E-state index in [9.17, 15) is 9.90 Å². The Morgan fingerprint density at radius 2 is 2.06 bits per heavy atom. The smallest absolute Gasteiger partial charge is 0.340 e. The molecule has 0 saturated heterocycles. The minimum atomic E-state index is -0.941. The van der Waals surface area contributed by atoms with Gasteiger partial charge in [-0.1, -0.05) is 20.3 Å². The first kappa shape index (κ1) is 14.0. The number of nitrogens with zero attached hydrogens (tertiary/aromatic N) is 2. The van der Waals surface area contributed by atoms with Crippen LogP contribution in [0.3, 0.4) is 0 Å². The average Bonchev–Trinajstić information content (AvgIpc) is 2.28. The number of aryl methyl sites for hydroxylation is 2. The Balaban J connectivity index is 3.04. The summed E-state index contributed by atoms with van der Waals surface area (Å²) in [6, 6.07) is 0. The van der Waals surface area contributed by atoms with Gasteiger partial charge in [0, 0.05) is 6.42 Å². The van der Waals surface area contributed by atoms with E-state index in [0.717, 1.165) is 25.0 Å². The fraction of sp³-hybridized carbons (Fsp3) is 0.583. The molecule has 94 valence electrons. The van der Waals surface area contributed by atoms with Crippen molar-refractivity contribution in [2.24, 2.45) is 0 Å². The molecular weight excluding hydrogens is 236 g/mol. The van der Waals surface area contributed by atoms with E-state index >= 15 is 0 Å². The van der Waals surface area contributed by atoms with Crippen molar-refractivity contribution >= 4 is 17.7 Å². The van der Waals surface area contributed by atoms with Crippen LogP contribution in [0.2, 0.25) is 0 Å². The van der Waals surface area contributed by atoms with Crippen LogP contribution in [0.5, 0.6) is 0 Å². The van der Waals surface area contributed by atoms with Crippen molar-refractivity contribution in [1.82, 2.24) is 9.97 Å². The number of carbonyl (C=O) groups is 1. The summed E-state index contributed by atoms with van der Waals surface area (Å²) in [6.45, 7) is 5.81. The van der Waals surface area contributed by atoms with Crippen molar-refractivity contribution in [3.63, 3.8) is 0 Å². The molecule has 0 aliphatic heterocycles. The molecule has 0 atom stereocenters. The highest BCUT2D eigenvalue weighted by Gasteiger charge is 2.17. The van der Waals surface area contributed by atoms with Gasteiger partial charge in [-0.15, -0.1) is 11.8 Å². The molecule has 0 aromatic carbocycles. The van der Waals surface area contributed by atoms with Crippen LogP contribution in [0.25, 0.3) is 0 Å². The van der Waals surface area contributed by atoms with Crippen LogP contribution >= 0.6 is 11.8 Å². The maximum absolute atomic E-state index is 11.2. The molecule has 1 aromatic heterocycles. The maximum atomic E-state index is 11.2. The number of carboxylic acids is 1. The first-order valence-corrected chi connectivity index (χ1v) is 6.82. The third-order valence-electron chi connectivity index (χ3n) is 2.37. The highest BCUT2D eigenvalue weighted by Crippen LogP contribution is 2.24. The molecule has 5 heteroatoms. The van der Waals surface area contributed by atoms with E-state index in [2.05, 4.69) is 16.9 Å². The van der Waals surface area contributed by atoms with Gasteiger partial charge < -0.3 is 5.11 Å². The normalized spacial score (nSPS) is 10.5. The summed E-state index contributed by atoms with van der Waals surface area (Å²) in [4.78, 5) is 19.7. The lowest BCUT2D eigenvalue weighted by atomic mass is 10.2. The number of aromatic carboxylic acids is 1. The van der Waals surface area contributed by atoms with Crippen molar-refractivity contribution in [2.45, 2.75) is 45.1 Å². The van der Waals surface area contributed by atoms with Crippen molar-refractivity contribution in [3.05, 3.63) is 17.1 Å². The Hall–Kier alpha value is -1.10. The molecule has 1 aromatic rings. The van der Waals surface area contributed by atoms with Crippen LogP contribution < -0.4 is 0 Å². The number of thioether (sulfide) groups is 1. The zero-order valence-electron chi connectivity index (χ0n) is 10.5. The Morgan fingerprint density at radius 3 is 2.59 bits per heavy atom. The van der Waals surface area contributed by atoms with Crippen molar-refractivity contribution in [2.75, 3.05) is 5.75 Å². The number of hydrogen-bond acceptors (Lipinski definition) is 4. The molecule has 1 rings (SSSR count). The standard InChI is InChI=1S/C12H18N2O2S/c1-4-6-7-17-11-10(12(15)16)8(3)13-9(5-2)14-11/h4-7H2,1-3H3,(H,15,16). The molecule has 0 amide bonds. The van der Waals surface area contributed by atoms with Crippen LogP contribution in [-0.4, -0.2) is 26.8 Å². The van der Waals surface area contributed by atoms with Gasteiger partial charge in [-0.05, 0) is 19.1 Å². The van der Waals surface area contributed by atoms with Crippen molar-refractivity contribution in [3.8, 4) is 0 Å². The van der Waals surface area contributed by atoms with Crippen LogP contribution in [0.1, 0.15) is 48.6 Å². The molecule has 0 saturated carbocycles. The van der Waals surface area contributed by atoms with Gasteiger partial charge in [0.1, 0.15) is 16.4 Å². The van der Waals surface area contributed by atoms with Crippen LogP contribution in [0.4, 0.5) is 0 Å². The van der Waals surface area contributed by atoms with Gasteiger partial charge in [0.2, 0.25) is 0 Å². The molecule has 1 heterocycles. The van der Waals surface area contributed by atoms with E-state index in [0.29, 0.717) is 16.5 Å².